The average molecular weight is 242 g/mol. The standard InChI is InChI=1S/C14H30N2O/c1-4-6-9-15-11-13(3)16-10-7-8-14(12-16)17-5-2/h13-15H,4-12H2,1-3H3. The average Bonchev–Trinajstić information content (AvgIpc) is 2.35. The third-order valence-corrected chi connectivity index (χ3v) is 3.58. The second-order valence-corrected chi connectivity index (χ2v) is 5.12. The SMILES string of the molecule is CCCCNCC(C)N1CCCC(OCC)C1. The minimum Gasteiger partial charge on any atom is -0.377 e. The summed E-state index contributed by atoms with van der Waals surface area (Å²) in [5.74, 6) is 0. The highest BCUT2D eigenvalue weighted by molar-refractivity contribution is 4.78. The van der Waals surface area contributed by atoms with Crippen LogP contribution >= 0.6 is 0 Å². The van der Waals surface area contributed by atoms with Gasteiger partial charge in [0.2, 0.25) is 0 Å². The van der Waals surface area contributed by atoms with Crippen molar-refractivity contribution in [2.45, 2.75) is 58.6 Å². The van der Waals surface area contributed by atoms with Crippen LogP contribution in [0.15, 0.2) is 0 Å². The molecule has 17 heavy (non-hydrogen) atoms. The van der Waals surface area contributed by atoms with Gasteiger partial charge in [-0.15, -0.1) is 0 Å². The highest BCUT2D eigenvalue weighted by Crippen LogP contribution is 2.15. The summed E-state index contributed by atoms with van der Waals surface area (Å²) in [5.41, 5.74) is 0. The third-order valence-electron chi connectivity index (χ3n) is 3.58. The summed E-state index contributed by atoms with van der Waals surface area (Å²) < 4.78 is 5.74. The van der Waals surface area contributed by atoms with E-state index in [1.165, 1.54) is 32.2 Å². The van der Waals surface area contributed by atoms with Gasteiger partial charge >= 0.3 is 0 Å². The molecule has 0 spiro atoms. The lowest BCUT2D eigenvalue weighted by Gasteiger charge is -2.36. The van der Waals surface area contributed by atoms with Crippen molar-refractivity contribution >= 4 is 0 Å². The number of nitrogens with one attached hydrogen (secondary N) is 1. The zero-order chi connectivity index (χ0) is 12.5. The van der Waals surface area contributed by atoms with Crippen molar-refractivity contribution in [2.24, 2.45) is 0 Å². The molecule has 2 unspecified atom stereocenters. The molecule has 0 saturated carbocycles. The first kappa shape index (κ1) is 14.9. The van der Waals surface area contributed by atoms with E-state index in [2.05, 4.69) is 31.0 Å². The van der Waals surface area contributed by atoms with Crippen molar-refractivity contribution < 1.29 is 4.74 Å². The van der Waals surface area contributed by atoms with Crippen LogP contribution in [0.2, 0.25) is 0 Å². The van der Waals surface area contributed by atoms with Crippen molar-refractivity contribution in [1.29, 1.82) is 0 Å². The molecule has 3 nitrogen and oxygen atoms in total. The predicted octanol–water partition coefficient (Wildman–Crippen LogP) is 2.27. The van der Waals surface area contributed by atoms with Gasteiger partial charge in [-0.2, -0.15) is 0 Å². The van der Waals surface area contributed by atoms with Crippen LogP contribution < -0.4 is 5.32 Å². The van der Waals surface area contributed by atoms with Crippen LogP contribution in [0.5, 0.6) is 0 Å². The van der Waals surface area contributed by atoms with Crippen LogP contribution in [-0.4, -0.2) is 49.8 Å². The molecule has 1 fully saturated rings. The summed E-state index contributed by atoms with van der Waals surface area (Å²) in [6, 6.07) is 0.634. The minimum atomic E-state index is 0.465. The van der Waals surface area contributed by atoms with Crippen LogP contribution in [0.25, 0.3) is 0 Å². The van der Waals surface area contributed by atoms with Gasteiger partial charge in [-0.1, -0.05) is 13.3 Å². The molecule has 1 aliphatic rings. The molecule has 1 N–H and O–H groups in total. The number of hydrogen-bond acceptors (Lipinski definition) is 3. The van der Waals surface area contributed by atoms with Gasteiger partial charge in [0, 0.05) is 25.7 Å². The fourth-order valence-electron chi connectivity index (χ4n) is 2.48. The molecule has 3 heteroatoms. The van der Waals surface area contributed by atoms with Crippen molar-refractivity contribution in [3.05, 3.63) is 0 Å². The van der Waals surface area contributed by atoms with E-state index in [-0.39, 0.29) is 0 Å². The van der Waals surface area contributed by atoms with E-state index < -0.39 is 0 Å². The maximum Gasteiger partial charge on any atom is 0.0702 e. The first-order valence-electron chi connectivity index (χ1n) is 7.34. The summed E-state index contributed by atoms with van der Waals surface area (Å²) in [5, 5.41) is 3.55. The first-order chi connectivity index (χ1) is 8.27. The molecule has 0 bridgehead atoms. The molecule has 0 radical (unpaired) electrons. The summed E-state index contributed by atoms with van der Waals surface area (Å²) in [4.78, 5) is 2.57. The monoisotopic (exact) mass is 242 g/mol. The molecule has 102 valence electrons. The fourth-order valence-corrected chi connectivity index (χ4v) is 2.48. The van der Waals surface area contributed by atoms with Crippen LogP contribution in [0, 0.1) is 0 Å². The number of rotatable bonds is 8. The maximum atomic E-state index is 5.74. The van der Waals surface area contributed by atoms with Crippen LogP contribution in [-0.2, 0) is 4.74 Å². The van der Waals surface area contributed by atoms with Gasteiger partial charge in [0.25, 0.3) is 0 Å². The molecule has 1 heterocycles. The Labute approximate surface area is 107 Å². The molecular weight excluding hydrogens is 212 g/mol. The van der Waals surface area contributed by atoms with Gasteiger partial charge in [-0.25, -0.2) is 0 Å². The maximum absolute atomic E-state index is 5.74. The van der Waals surface area contributed by atoms with E-state index in [9.17, 15) is 0 Å². The largest absolute Gasteiger partial charge is 0.377 e. The molecule has 1 rings (SSSR count). The van der Waals surface area contributed by atoms with E-state index >= 15 is 0 Å². The molecule has 1 aliphatic heterocycles. The second kappa shape index (κ2) is 8.90. The Kier molecular flexibility index (Phi) is 7.82. The van der Waals surface area contributed by atoms with Crippen LogP contribution in [0.3, 0.4) is 0 Å². The zero-order valence-corrected chi connectivity index (χ0v) is 11.9. The lowest BCUT2D eigenvalue weighted by molar-refractivity contribution is -0.00484. The molecule has 1 saturated heterocycles. The Morgan fingerprint density at radius 1 is 1.41 bits per heavy atom. The van der Waals surface area contributed by atoms with Crippen molar-refractivity contribution in [1.82, 2.24) is 10.2 Å². The van der Waals surface area contributed by atoms with Gasteiger partial charge < -0.3 is 10.1 Å². The fraction of sp³-hybridized carbons (Fsp3) is 1.00. The van der Waals surface area contributed by atoms with Gasteiger partial charge in [0.1, 0.15) is 0 Å². The zero-order valence-electron chi connectivity index (χ0n) is 11.9. The van der Waals surface area contributed by atoms with E-state index in [1.807, 2.05) is 0 Å². The normalized spacial score (nSPS) is 23.8. The highest BCUT2D eigenvalue weighted by Gasteiger charge is 2.23. The Morgan fingerprint density at radius 3 is 2.94 bits per heavy atom. The lowest BCUT2D eigenvalue weighted by Crippen LogP contribution is -2.48. The van der Waals surface area contributed by atoms with Gasteiger partial charge in [-0.05, 0) is 46.2 Å². The van der Waals surface area contributed by atoms with E-state index in [0.717, 1.165) is 26.2 Å². The van der Waals surface area contributed by atoms with Crippen molar-refractivity contribution in [2.75, 3.05) is 32.8 Å². The van der Waals surface area contributed by atoms with Crippen molar-refractivity contribution in [3.63, 3.8) is 0 Å². The van der Waals surface area contributed by atoms with E-state index in [4.69, 9.17) is 4.74 Å². The predicted molar refractivity (Wildman–Crippen MR) is 73.5 cm³/mol. The Hall–Kier alpha value is -0.120. The lowest BCUT2D eigenvalue weighted by atomic mass is 10.1. The molecule has 0 aromatic rings. The molecule has 0 aromatic carbocycles. The van der Waals surface area contributed by atoms with Crippen LogP contribution in [0.4, 0.5) is 0 Å². The molecule has 0 amide bonds. The first-order valence-corrected chi connectivity index (χ1v) is 7.34. The number of nitrogens with zero attached hydrogens (tertiary/aromatic N) is 1. The molecular formula is C14H30N2O. The second-order valence-electron chi connectivity index (χ2n) is 5.12. The summed E-state index contributed by atoms with van der Waals surface area (Å²) >= 11 is 0. The van der Waals surface area contributed by atoms with Gasteiger partial charge in [0.15, 0.2) is 0 Å². The Balaban J connectivity index is 2.18. The van der Waals surface area contributed by atoms with E-state index in [1.54, 1.807) is 0 Å². The smallest absolute Gasteiger partial charge is 0.0702 e. The highest BCUT2D eigenvalue weighted by atomic mass is 16.5. The molecule has 2 atom stereocenters. The Bertz CT molecular complexity index is 185. The number of likely N-dealkylation sites (tertiary alicyclic amines) is 1. The minimum absolute atomic E-state index is 0.465. The van der Waals surface area contributed by atoms with Gasteiger partial charge in [-0.3, -0.25) is 4.90 Å². The van der Waals surface area contributed by atoms with Crippen LogP contribution in [0.1, 0.15) is 46.5 Å². The number of hydrogen-bond donors (Lipinski definition) is 1. The summed E-state index contributed by atoms with van der Waals surface area (Å²) in [6.07, 6.45) is 5.54. The number of unbranched alkanes of at least 4 members (excludes halogenated alkanes) is 1. The third kappa shape index (κ3) is 5.84. The number of piperidine rings is 1. The topological polar surface area (TPSA) is 24.5 Å². The summed E-state index contributed by atoms with van der Waals surface area (Å²) in [7, 11) is 0. The quantitative estimate of drug-likeness (QED) is 0.661. The van der Waals surface area contributed by atoms with Gasteiger partial charge in [0.05, 0.1) is 6.10 Å². The summed E-state index contributed by atoms with van der Waals surface area (Å²) in [6.45, 7) is 12.1. The Morgan fingerprint density at radius 2 is 2.24 bits per heavy atom. The molecule has 0 aromatic heterocycles. The van der Waals surface area contributed by atoms with Crippen molar-refractivity contribution in [3.8, 4) is 0 Å². The van der Waals surface area contributed by atoms with E-state index in [0.29, 0.717) is 12.1 Å². The molecule has 0 aliphatic carbocycles. The number of ether oxygens (including phenoxy) is 1.